The predicted octanol–water partition coefficient (Wildman–Crippen LogP) is 5.50. The van der Waals surface area contributed by atoms with Gasteiger partial charge < -0.3 is 10.2 Å². The molecule has 164 valence electrons. The quantitative estimate of drug-likeness (QED) is 0.434. The number of amides is 2. The molecule has 0 saturated heterocycles. The van der Waals surface area contributed by atoms with Crippen LogP contribution in [0.5, 0.6) is 0 Å². The highest BCUT2D eigenvalue weighted by molar-refractivity contribution is 7.07. The van der Waals surface area contributed by atoms with Crippen LogP contribution < -0.4 is 10.2 Å². The number of aromatic nitrogens is 1. The first-order chi connectivity index (χ1) is 16.1. The second kappa shape index (κ2) is 9.00. The lowest BCUT2D eigenvalue weighted by molar-refractivity contribution is -0.117. The number of fused-ring (bicyclic) bond motifs is 1. The van der Waals surface area contributed by atoms with E-state index in [1.54, 1.807) is 5.51 Å². The van der Waals surface area contributed by atoms with Gasteiger partial charge in [0.05, 0.1) is 17.6 Å². The molecule has 1 aliphatic rings. The number of nitrogens with one attached hydrogen (secondary N) is 1. The molecule has 0 saturated carbocycles. The normalized spacial score (nSPS) is 12.5. The van der Waals surface area contributed by atoms with Crippen LogP contribution in [-0.4, -0.2) is 23.3 Å². The largest absolute Gasteiger partial charge is 0.322 e. The first-order valence-electron chi connectivity index (χ1n) is 10.9. The summed E-state index contributed by atoms with van der Waals surface area (Å²) in [7, 11) is 0. The van der Waals surface area contributed by atoms with E-state index in [-0.39, 0.29) is 11.8 Å². The Hall–Kier alpha value is -3.77. The van der Waals surface area contributed by atoms with Gasteiger partial charge in [-0.05, 0) is 54.3 Å². The van der Waals surface area contributed by atoms with Crippen molar-refractivity contribution in [3.63, 3.8) is 0 Å². The number of rotatable bonds is 5. The van der Waals surface area contributed by atoms with E-state index in [1.165, 1.54) is 11.3 Å². The number of hydrogen-bond acceptors (Lipinski definition) is 4. The number of anilines is 2. The van der Waals surface area contributed by atoms with Gasteiger partial charge in [-0.15, -0.1) is 11.3 Å². The summed E-state index contributed by atoms with van der Waals surface area (Å²) in [5.74, 6) is -0.101. The number of nitrogens with zero attached hydrogens (tertiary/aromatic N) is 2. The number of carbonyl (C=O) groups excluding carboxylic acids is 2. The van der Waals surface area contributed by atoms with Gasteiger partial charge in [0.15, 0.2) is 0 Å². The molecule has 3 aromatic carbocycles. The van der Waals surface area contributed by atoms with Crippen molar-refractivity contribution < 1.29 is 9.59 Å². The summed E-state index contributed by atoms with van der Waals surface area (Å²) in [6.45, 7) is 2.63. The Bertz CT molecular complexity index is 1320. The standard InChI is InChI=1S/C27H23N3O2S/c1-18-7-9-23(19-5-3-2-4-6-19)24(13-18)27(32)29-21-8-10-25-20(14-21)11-12-30(25)26(31)15-22-16-33-17-28-22/h2-10,13-14,16-17H,11-12,15H2,1H3,(H,29,32). The lowest BCUT2D eigenvalue weighted by Gasteiger charge is -2.17. The van der Waals surface area contributed by atoms with Crippen molar-refractivity contribution in [2.45, 2.75) is 19.8 Å². The highest BCUT2D eigenvalue weighted by atomic mass is 32.1. The maximum atomic E-state index is 13.2. The molecule has 33 heavy (non-hydrogen) atoms. The van der Waals surface area contributed by atoms with Gasteiger partial charge in [-0.2, -0.15) is 0 Å². The average molecular weight is 454 g/mol. The predicted molar refractivity (Wildman–Crippen MR) is 133 cm³/mol. The maximum Gasteiger partial charge on any atom is 0.256 e. The average Bonchev–Trinajstić information content (AvgIpc) is 3.49. The zero-order chi connectivity index (χ0) is 22.8. The minimum atomic E-state index is -0.146. The number of aryl methyl sites for hydroxylation is 1. The molecule has 0 unspecified atom stereocenters. The van der Waals surface area contributed by atoms with E-state index in [1.807, 2.05) is 83.9 Å². The molecule has 0 spiro atoms. The molecule has 1 N–H and O–H groups in total. The van der Waals surface area contributed by atoms with Crippen LogP contribution in [0, 0.1) is 6.92 Å². The van der Waals surface area contributed by atoms with Gasteiger partial charge in [0, 0.05) is 28.9 Å². The summed E-state index contributed by atoms with van der Waals surface area (Å²) in [5, 5.41) is 4.96. The summed E-state index contributed by atoms with van der Waals surface area (Å²) >= 11 is 1.49. The van der Waals surface area contributed by atoms with Crippen molar-refractivity contribution in [3.8, 4) is 11.1 Å². The van der Waals surface area contributed by atoms with Crippen molar-refractivity contribution >= 4 is 34.5 Å². The van der Waals surface area contributed by atoms with Crippen molar-refractivity contribution in [2.24, 2.45) is 0 Å². The van der Waals surface area contributed by atoms with Gasteiger partial charge in [0.25, 0.3) is 5.91 Å². The van der Waals surface area contributed by atoms with Crippen molar-refractivity contribution in [1.82, 2.24) is 4.98 Å². The van der Waals surface area contributed by atoms with Gasteiger partial charge in [0.2, 0.25) is 5.91 Å². The van der Waals surface area contributed by atoms with Crippen LogP contribution in [-0.2, 0) is 17.6 Å². The Labute approximate surface area is 196 Å². The lowest BCUT2D eigenvalue weighted by Crippen LogP contribution is -2.30. The van der Waals surface area contributed by atoms with Crippen molar-refractivity contribution in [2.75, 3.05) is 16.8 Å². The van der Waals surface area contributed by atoms with Gasteiger partial charge >= 0.3 is 0 Å². The lowest BCUT2D eigenvalue weighted by atomic mass is 9.97. The minimum absolute atomic E-state index is 0.0451. The van der Waals surface area contributed by atoms with Gasteiger partial charge in [-0.3, -0.25) is 9.59 Å². The van der Waals surface area contributed by atoms with Crippen LogP contribution in [0.2, 0.25) is 0 Å². The number of thiazole rings is 1. The number of hydrogen-bond donors (Lipinski definition) is 1. The van der Waals surface area contributed by atoms with Crippen LogP contribution in [0.1, 0.15) is 27.2 Å². The maximum absolute atomic E-state index is 13.2. The molecule has 0 fully saturated rings. The minimum Gasteiger partial charge on any atom is -0.322 e. The topological polar surface area (TPSA) is 62.3 Å². The summed E-state index contributed by atoms with van der Waals surface area (Å²) in [4.78, 5) is 32.0. The fourth-order valence-corrected chi connectivity index (χ4v) is 4.79. The highest BCUT2D eigenvalue weighted by Gasteiger charge is 2.25. The third-order valence-corrected chi connectivity index (χ3v) is 6.49. The molecule has 0 aliphatic carbocycles. The SMILES string of the molecule is Cc1ccc(-c2ccccc2)c(C(=O)Nc2ccc3c(c2)CCN3C(=O)Cc2cscn2)c1. The van der Waals surface area contributed by atoms with Crippen LogP contribution in [0.25, 0.3) is 11.1 Å². The molecule has 6 heteroatoms. The van der Waals surface area contributed by atoms with Crippen LogP contribution >= 0.6 is 11.3 Å². The van der Waals surface area contributed by atoms with Crippen molar-refractivity contribution in [3.05, 3.63) is 100 Å². The molecule has 2 heterocycles. The van der Waals surface area contributed by atoms with Gasteiger partial charge in [-0.1, -0.05) is 48.0 Å². The van der Waals surface area contributed by atoms with E-state index in [9.17, 15) is 9.59 Å². The molecule has 1 aliphatic heterocycles. The van der Waals surface area contributed by atoms with Gasteiger partial charge in [0.1, 0.15) is 0 Å². The smallest absolute Gasteiger partial charge is 0.256 e. The summed E-state index contributed by atoms with van der Waals surface area (Å²) < 4.78 is 0. The second-order valence-corrected chi connectivity index (χ2v) is 8.88. The fourth-order valence-electron chi connectivity index (χ4n) is 4.23. The van der Waals surface area contributed by atoms with E-state index in [0.29, 0.717) is 18.5 Å². The molecular formula is C27H23N3O2S. The van der Waals surface area contributed by atoms with Crippen LogP contribution in [0.15, 0.2) is 77.6 Å². The third kappa shape index (κ3) is 4.43. The summed E-state index contributed by atoms with van der Waals surface area (Å²) in [6, 6.07) is 21.6. The molecule has 1 aromatic heterocycles. The molecular weight excluding hydrogens is 430 g/mol. The van der Waals surface area contributed by atoms with E-state index in [0.717, 1.165) is 45.7 Å². The molecule has 5 nitrogen and oxygen atoms in total. The Kier molecular flexibility index (Phi) is 5.75. The Morgan fingerprint density at radius 2 is 1.91 bits per heavy atom. The molecule has 0 radical (unpaired) electrons. The highest BCUT2D eigenvalue weighted by Crippen LogP contribution is 2.32. The van der Waals surface area contributed by atoms with Crippen LogP contribution in [0.3, 0.4) is 0 Å². The van der Waals surface area contributed by atoms with E-state index in [4.69, 9.17) is 0 Å². The second-order valence-electron chi connectivity index (χ2n) is 8.16. The first-order valence-corrected chi connectivity index (χ1v) is 11.8. The Balaban J connectivity index is 1.36. The summed E-state index contributed by atoms with van der Waals surface area (Å²) in [5.41, 5.74) is 8.82. The first kappa shape index (κ1) is 21.1. The zero-order valence-electron chi connectivity index (χ0n) is 18.2. The number of carbonyl (C=O) groups is 2. The Morgan fingerprint density at radius 3 is 2.70 bits per heavy atom. The van der Waals surface area contributed by atoms with E-state index in [2.05, 4.69) is 10.3 Å². The third-order valence-electron chi connectivity index (χ3n) is 5.85. The van der Waals surface area contributed by atoms with E-state index >= 15 is 0 Å². The zero-order valence-corrected chi connectivity index (χ0v) is 19.1. The molecule has 4 aromatic rings. The van der Waals surface area contributed by atoms with Crippen LogP contribution in [0.4, 0.5) is 11.4 Å². The molecule has 2 amide bonds. The Morgan fingerprint density at radius 1 is 1.06 bits per heavy atom. The number of benzene rings is 3. The van der Waals surface area contributed by atoms with E-state index < -0.39 is 0 Å². The van der Waals surface area contributed by atoms with Gasteiger partial charge in [-0.25, -0.2) is 4.98 Å². The fraction of sp³-hybridized carbons (Fsp3) is 0.148. The molecule has 5 rings (SSSR count). The summed E-state index contributed by atoms with van der Waals surface area (Å²) in [6.07, 6.45) is 1.07. The van der Waals surface area contributed by atoms with Crippen molar-refractivity contribution in [1.29, 1.82) is 0 Å². The monoisotopic (exact) mass is 453 g/mol. The molecule has 0 atom stereocenters. The molecule has 0 bridgehead atoms.